The number of carboxylic acid groups (broad SMARTS) is 1. The first-order valence-electron chi connectivity index (χ1n) is 6.21. The van der Waals surface area contributed by atoms with Crippen LogP contribution in [-0.2, 0) is 0 Å². The van der Waals surface area contributed by atoms with E-state index in [1.807, 2.05) is 6.07 Å². The second-order valence-corrected chi connectivity index (χ2v) is 5.49. The summed E-state index contributed by atoms with van der Waals surface area (Å²) in [5.41, 5.74) is 1.32. The third-order valence-electron chi connectivity index (χ3n) is 2.87. The van der Waals surface area contributed by atoms with Crippen LogP contribution in [0.2, 0.25) is 0 Å². The Labute approximate surface area is 126 Å². The molecular weight excluding hydrogens is 288 g/mol. The summed E-state index contributed by atoms with van der Waals surface area (Å²) in [7, 11) is 1.54. The number of hydrogen-bond acceptors (Lipinski definition) is 4. The van der Waals surface area contributed by atoms with Gasteiger partial charge in [0.05, 0.1) is 5.56 Å². The van der Waals surface area contributed by atoms with Crippen LogP contribution in [-0.4, -0.2) is 29.0 Å². The third kappa shape index (κ3) is 3.61. The van der Waals surface area contributed by atoms with E-state index in [1.54, 1.807) is 44.4 Å². The van der Waals surface area contributed by atoms with Gasteiger partial charge in [0.25, 0.3) is 5.91 Å². The van der Waals surface area contributed by atoms with E-state index in [9.17, 15) is 9.59 Å². The molecule has 0 aliphatic carbocycles. The minimum atomic E-state index is -0.948. The number of carbonyl (C=O) groups is 2. The monoisotopic (exact) mass is 302 g/mol. The lowest BCUT2D eigenvalue weighted by Crippen LogP contribution is -2.18. The Bertz CT molecular complexity index is 701. The SMILES string of the molecule is CNC(=O)c1cc(Sc2ccc(C)c(C(=O)O)c2)ccn1. The van der Waals surface area contributed by atoms with Crippen LogP contribution in [0, 0.1) is 6.92 Å². The molecule has 0 saturated carbocycles. The van der Waals surface area contributed by atoms with E-state index in [1.165, 1.54) is 11.8 Å². The predicted octanol–water partition coefficient (Wildman–Crippen LogP) is 2.60. The molecule has 108 valence electrons. The number of carbonyl (C=O) groups excluding carboxylic acids is 1. The molecular formula is C15H14N2O3S. The fourth-order valence-corrected chi connectivity index (χ4v) is 2.64. The van der Waals surface area contributed by atoms with Crippen LogP contribution in [0.5, 0.6) is 0 Å². The summed E-state index contributed by atoms with van der Waals surface area (Å²) >= 11 is 1.39. The number of carboxylic acids is 1. The Morgan fingerprint density at radius 1 is 1.19 bits per heavy atom. The second-order valence-electron chi connectivity index (χ2n) is 4.34. The highest BCUT2D eigenvalue weighted by Gasteiger charge is 2.10. The second kappa shape index (κ2) is 6.41. The molecule has 0 unspecified atom stereocenters. The van der Waals surface area contributed by atoms with E-state index >= 15 is 0 Å². The third-order valence-corrected chi connectivity index (χ3v) is 3.85. The fraction of sp³-hybridized carbons (Fsp3) is 0.133. The number of hydrogen-bond donors (Lipinski definition) is 2. The molecule has 1 amide bonds. The molecule has 1 aromatic heterocycles. The standard InChI is InChI=1S/C15H14N2O3S/c1-9-3-4-10(7-12(9)15(19)20)21-11-5-6-17-13(8-11)14(18)16-2/h3-8H,1-2H3,(H,16,18)(H,19,20). The first kappa shape index (κ1) is 15.1. The molecule has 0 atom stereocenters. The molecule has 0 aliphatic heterocycles. The Kier molecular flexibility index (Phi) is 4.59. The van der Waals surface area contributed by atoms with Gasteiger partial charge in [0.1, 0.15) is 5.69 Å². The number of amides is 1. The van der Waals surface area contributed by atoms with Crippen molar-refractivity contribution in [1.29, 1.82) is 0 Å². The van der Waals surface area contributed by atoms with E-state index in [4.69, 9.17) is 5.11 Å². The molecule has 0 saturated heterocycles. The van der Waals surface area contributed by atoms with Crippen molar-refractivity contribution in [2.24, 2.45) is 0 Å². The molecule has 0 spiro atoms. The summed E-state index contributed by atoms with van der Waals surface area (Å²) < 4.78 is 0. The van der Waals surface area contributed by atoms with Gasteiger partial charge in [0.15, 0.2) is 0 Å². The number of rotatable bonds is 4. The topological polar surface area (TPSA) is 79.3 Å². The Morgan fingerprint density at radius 3 is 2.57 bits per heavy atom. The van der Waals surface area contributed by atoms with Crippen molar-refractivity contribution >= 4 is 23.6 Å². The maximum absolute atomic E-state index is 11.5. The molecule has 0 fully saturated rings. The van der Waals surface area contributed by atoms with Crippen LogP contribution < -0.4 is 5.32 Å². The minimum Gasteiger partial charge on any atom is -0.478 e. The van der Waals surface area contributed by atoms with Crippen molar-refractivity contribution in [3.05, 3.63) is 53.3 Å². The van der Waals surface area contributed by atoms with Crippen molar-refractivity contribution in [1.82, 2.24) is 10.3 Å². The highest BCUT2D eigenvalue weighted by Crippen LogP contribution is 2.29. The van der Waals surface area contributed by atoms with Crippen LogP contribution in [0.15, 0.2) is 46.3 Å². The van der Waals surface area contributed by atoms with Crippen LogP contribution in [0.3, 0.4) is 0 Å². The minimum absolute atomic E-state index is 0.257. The fourth-order valence-electron chi connectivity index (χ4n) is 1.76. The smallest absolute Gasteiger partial charge is 0.335 e. The van der Waals surface area contributed by atoms with E-state index < -0.39 is 5.97 Å². The molecule has 2 N–H and O–H groups in total. The zero-order valence-corrected chi connectivity index (χ0v) is 12.4. The van der Waals surface area contributed by atoms with Gasteiger partial charge in [0.2, 0.25) is 0 Å². The summed E-state index contributed by atoms with van der Waals surface area (Å²) in [6, 6.07) is 8.70. The van der Waals surface area contributed by atoms with Crippen molar-refractivity contribution in [2.45, 2.75) is 16.7 Å². The van der Waals surface area contributed by atoms with Gasteiger partial charge >= 0.3 is 5.97 Å². The van der Waals surface area contributed by atoms with Crippen molar-refractivity contribution < 1.29 is 14.7 Å². The normalized spacial score (nSPS) is 10.2. The van der Waals surface area contributed by atoms with Gasteiger partial charge in [-0.05, 0) is 36.8 Å². The number of nitrogens with one attached hydrogen (secondary N) is 1. The summed E-state index contributed by atoms with van der Waals surface area (Å²) in [5.74, 6) is -1.21. The molecule has 6 heteroatoms. The summed E-state index contributed by atoms with van der Waals surface area (Å²) in [6.07, 6.45) is 1.55. The number of aromatic nitrogens is 1. The number of benzene rings is 1. The maximum Gasteiger partial charge on any atom is 0.335 e. The summed E-state index contributed by atoms with van der Waals surface area (Å²) in [4.78, 5) is 28.3. The number of aromatic carboxylic acids is 1. The lowest BCUT2D eigenvalue weighted by molar-refractivity contribution is 0.0695. The first-order chi connectivity index (χ1) is 10.0. The molecule has 1 aromatic carbocycles. The van der Waals surface area contributed by atoms with Crippen molar-refractivity contribution in [3.63, 3.8) is 0 Å². The van der Waals surface area contributed by atoms with E-state index in [0.717, 1.165) is 9.79 Å². The van der Waals surface area contributed by atoms with Crippen LogP contribution in [0.4, 0.5) is 0 Å². The van der Waals surface area contributed by atoms with Crippen LogP contribution in [0.1, 0.15) is 26.4 Å². The quantitative estimate of drug-likeness (QED) is 0.907. The molecule has 2 rings (SSSR count). The molecule has 0 aliphatic rings. The van der Waals surface area contributed by atoms with Crippen molar-refractivity contribution in [3.8, 4) is 0 Å². The zero-order chi connectivity index (χ0) is 15.4. The highest BCUT2D eigenvalue weighted by molar-refractivity contribution is 7.99. The van der Waals surface area contributed by atoms with Gasteiger partial charge in [-0.25, -0.2) is 4.79 Å². The Morgan fingerprint density at radius 2 is 1.90 bits per heavy atom. The molecule has 0 bridgehead atoms. The van der Waals surface area contributed by atoms with Gasteiger partial charge < -0.3 is 10.4 Å². The number of aryl methyl sites for hydroxylation is 1. The maximum atomic E-state index is 11.5. The van der Waals surface area contributed by atoms with E-state index in [2.05, 4.69) is 10.3 Å². The van der Waals surface area contributed by atoms with Gasteiger partial charge in [-0.2, -0.15) is 0 Å². The van der Waals surface area contributed by atoms with E-state index in [0.29, 0.717) is 11.3 Å². The van der Waals surface area contributed by atoms with Gasteiger partial charge in [-0.1, -0.05) is 17.8 Å². The zero-order valence-electron chi connectivity index (χ0n) is 11.6. The molecule has 2 aromatic rings. The van der Waals surface area contributed by atoms with Crippen LogP contribution >= 0.6 is 11.8 Å². The highest BCUT2D eigenvalue weighted by atomic mass is 32.2. The van der Waals surface area contributed by atoms with Crippen molar-refractivity contribution in [2.75, 3.05) is 7.05 Å². The number of nitrogens with zero attached hydrogens (tertiary/aromatic N) is 1. The molecule has 1 heterocycles. The Balaban J connectivity index is 2.28. The van der Waals surface area contributed by atoms with E-state index in [-0.39, 0.29) is 11.5 Å². The van der Waals surface area contributed by atoms with Crippen LogP contribution in [0.25, 0.3) is 0 Å². The largest absolute Gasteiger partial charge is 0.478 e. The van der Waals surface area contributed by atoms with Gasteiger partial charge in [-0.3, -0.25) is 9.78 Å². The summed E-state index contributed by atoms with van der Waals surface area (Å²) in [5, 5.41) is 11.6. The first-order valence-corrected chi connectivity index (χ1v) is 7.03. The lowest BCUT2D eigenvalue weighted by Gasteiger charge is -2.06. The average Bonchev–Trinajstić information content (AvgIpc) is 2.48. The molecule has 0 radical (unpaired) electrons. The van der Waals surface area contributed by atoms with Gasteiger partial charge in [0, 0.05) is 23.0 Å². The Hall–Kier alpha value is -2.34. The molecule has 21 heavy (non-hydrogen) atoms. The average molecular weight is 302 g/mol. The lowest BCUT2D eigenvalue weighted by atomic mass is 10.1. The number of pyridine rings is 1. The molecule has 5 nitrogen and oxygen atoms in total. The predicted molar refractivity (Wildman–Crippen MR) is 79.9 cm³/mol. The summed E-state index contributed by atoms with van der Waals surface area (Å²) in [6.45, 7) is 1.76. The van der Waals surface area contributed by atoms with Gasteiger partial charge in [-0.15, -0.1) is 0 Å².